The molecule has 7 heteroatoms. The molecule has 0 N–H and O–H groups in total. The molecule has 0 aromatic heterocycles. The van der Waals surface area contributed by atoms with Gasteiger partial charge in [-0.05, 0) is 68.7 Å². The number of esters is 1. The van der Waals surface area contributed by atoms with E-state index >= 15 is 0 Å². The van der Waals surface area contributed by atoms with E-state index in [0.29, 0.717) is 11.6 Å². The molecule has 29 heavy (non-hydrogen) atoms. The summed E-state index contributed by atoms with van der Waals surface area (Å²) in [6.45, 7) is 7.52. The second-order valence-electron chi connectivity index (χ2n) is 7.16. The summed E-state index contributed by atoms with van der Waals surface area (Å²) in [5.74, 6) is -0.585. The third kappa shape index (κ3) is 5.82. The van der Waals surface area contributed by atoms with Crippen LogP contribution in [0.25, 0.3) is 0 Å². The second-order valence-corrected chi connectivity index (χ2v) is 7.16. The van der Waals surface area contributed by atoms with Gasteiger partial charge in [0.15, 0.2) is 0 Å². The Morgan fingerprint density at radius 2 is 1.86 bits per heavy atom. The van der Waals surface area contributed by atoms with Crippen LogP contribution in [-0.4, -0.2) is 30.3 Å². The smallest absolute Gasteiger partial charge is 0.416 e. The highest BCUT2D eigenvalue weighted by molar-refractivity contribution is 5.92. The number of hydrogen-bond donors (Lipinski definition) is 0. The van der Waals surface area contributed by atoms with E-state index in [4.69, 9.17) is 4.74 Å². The van der Waals surface area contributed by atoms with Gasteiger partial charge in [0.05, 0.1) is 23.2 Å². The van der Waals surface area contributed by atoms with Crippen LogP contribution in [0.3, 0.4) is 0 Å². The minimum atomic E-state index is -4.44. The Morgan fingerprint density at radius 1 is 1.17 bits per heavy atom. The standard InChI is InChI=1S/C22H25F3N2O2/c1-14(2)27(5)13-26-20-10-9-19(15(3)16(20)4)21(28)29-12-17-7-6-8-18(11-17)22(23,24)25/h6-11,13-14H,12H2,1-5H3/b26-13+. The Kier molecular flexibility index (Phi) is 7.06. The lowest BCUT2D eigenvalue weighted by molar-refractivity contribution is -0.137. The molecule has 0 saturated carbocycles. The van der Waals surface area contributed by atoms with Crippen molar-refractivity contribution in [2.45, 2.75) is 46.5 Å². The van der Waals surface area contributed by atoms with E-state index in [0.717, 1.165) is 28.9 Å². The van der Waals surface area contributed by atoms with Crippen LogP contribution in [-0.2, 0) is 17.5 Å². The maximum Gasteiger partial charge on any atom is 0.416 e. The zero-order valence-corrected chi connectivity index (χ0v) is 17.2. The molecule has 0 bridgehead atoms. The lowest BCUT2D eigenvalue weighted by atomic mass is 10.0. The van der Waals surface area contributed by atoms with Gasteiger partial charge in [-0.2, -0.15) is 13.2 Å². The Hall–Kier alpha value is -2.83. The number of halogens is 3. The molecule has 0 heterocycles. The summed E-state index contributed by atoms with van der Waals surface area (Å²) in [4.78, 5) is 18.9. The van der Waals surface area contributed by atoms with Crippen molar-refractivity contribution in [2.24, 2.45) is 4.99 Å². The van der Waals surface area contributed by atoms with Crippen molar-refractivity contribution in [2.75, 3.05) is 7.05 Å². The summed E-state index contributed by atoms with van der Waals surface area (Å²) in [7, 11) is 1.93. The van der Waals surface area contributed by atoms with Crippen LogP contribution < -0.4 is 0 Å². The largest absolute Gasteiger partial charge is 0.457 e. The van der Waals surface area contributed by atoms with E-state index in [-0.39, 0.29) is 12.2 Å². The van der Waals surface area contributed by atoms with E-state index in [2.05, 4.69) is 4.99 Å². The van der Waals surface area contributed by atoms with Gasteiger partial charge in [-0.1, -0.05) is 12.1 Å². The highest BCUT2D eigenvalue weighted by Crippen LogP contribution is 2.30. The van der Waals surface area contributed by atoms with E-state index in [1.54, 1.807) is 25.4 Å². The molecule has 0 spiro atoms. The van der Waals surface area contributed by atoms with Crippen LogP contribution >= 0.6 is 0 Å². The molecule has 0 aliphatic rings. The Morgan fingerprint density at radius 3 is 2.48 bits per heavy atom. The Balaban J connectivity index is 2.13. The monoisotopic (exact) mass is 406 g/mol. The first-order valence-electron chi connectivity index (χ1n) is 9.20. The highest BCUT2D eigenvalue weighted by Gasteiger charge is 2.30. The molecule has 2 rings (SSSR count). The van der Waals surface area contributed by atoms with Crippen molar-refractivity contribution < 1.29 is 22.7 Å². The molecule has 0 atom stereocenters. The van der Waals surface area contributed by atoms with Crippen LogP contribution in [0.15, 0.2) is 41.4 Å². The number of nitrogens with zero attached hydrogens (tertiary/aromatic N) is 2. The Bertz CT molecular complexity index is 905. The van der Waals surface area contributed by atoms with Gasteiger partial charge >= 0.3 is 12.1 Å². The molecule has 2 aromatic carbocycles. The number of aliphatic imine (C=N–C) groups is 1. The summed E-state index contributed by atoms with van der Waals surface area (Å²) in [6.07, 6.45) is -2.70. The molecule has 156 valence electrons. The molecule has 2 aromatic rings. The molecular formula is C22H25F3N2O2. The number of alkyl halides is 3. The van der Waals surface area contributed by atoms with Crippen molar-refractivity contribution in [3.63, 3.8) is 0 Å². The fraction of sp³-hybridized carbons (Fsp3) is 0.364. The average molecular weight is 406 g/mol. The molecular weight excluding hydrogens is 381 g/mol. The van der Waals surface area contributed by atoms with Gasteiger partial charge in [0.1, 0.15) is 6.61 Å². The molecule has 0 aliphatic heterocycles. The second kappa shape index (κ2) is 9.11. The molecule has 0 amide bonds. The van der Waals surface area contributed by atoms with Crippen molar-refractivity contribution in [3.05, 3.63) is 64.2 Å². The third-order valence-electron chi connectivity index (χ3n) is 4.80. The van der Waals surface area contributed by atoms with Crippen molar-refractivity contribution in [1.29, 1.82) is 0 Å². The van der Waals surface area contributed by atoms with Gasteiger partial charge in [-0.3, -0.25) is 0 Å². The van der Waals surface area contributed by atoms with E-state index < -0.39 is 17.7 Å². The predicted molar refractivity (Wildman–Crippen MR) is 108 cm³/mol. The zero-order valence-electron chi connectivity index (χ0n) is 17.2. The summed E-state index contributed by atoms with van der Waals surface area (Å²) >= 11 is 0. The summed E-state index contributed by atoms with van der Waals surface area (Å²) in [6, 6.07) is 8.41. The van der Waals surface area contributed by atoms with E-state index in [9.17, 15) is 18.0 Å². The van der Waals surface area contributed by atoms with Crippen LogP contribution in [0.1, 0.15) is 46.5 Å². The van der Waals surface area contributed by atoms with Gasteiger partial charge < -0.3 is 9.64 Å². The molecule has 0 aliphatic carbocycles. The topological polar surface area (TPSA) is 41.9 Å². The first-order chi connectivity index (χ1) is 13.5. The zero-order chi connectivity index (χ0) is 21.8. The summed E-state index contributed by atoms with van der Waals surface area (Å²) < 4.78 is 43.6. The molecule has 0 saturated heterocycles. The fourth-order valence-corrected chi connectivity index (χ4v) is 2.52. The van der Waals surface area contributed by atoms with Gasteiger partial charge in [0.2, 0.25) is 0 Å². The normalized spacial score (nSPS) is 11.9. The predicted octanol–water partition coefficient (Wildman–Crippen LogP) is 5.68. The maximum atomic E-state index is 12.8. The number of hydrogen-bond acceptors (Lipinski definition) is 3. The van der Waals surface area contributed by atoms with Gasteiger partial charge in [-0.25, -0.2) is 9.79 Å². The lowest BCUT2D eigenvalue weighted by Gasteiger charge is -2.17. The van der Waals surface area contributed by atoms with E-state index in [1.807, 2.05) is 32.7 Å². The summed E-state index contributed by atoms with van der Waals surface area (Å²) in [5, 5.41) is 0. The third-order valence-corrected chi connectivity index (χ3v) is 4.80. The molecule has 0 fully saturated rings. The Labute approximate surface area is 169 Å². The number of benzene rings is 2. The maximum absolute atomic E-state index is 12.8. The molecule has 0 radical (unpaired) electrons. The van der Waals surface area contributed by atoms with E-state index in [1.165, 1.54) is 12.1 Å². The van der Waals surface area contributed by atoms with Gasteiger partial charge in [0.25, 0.3) is 0 Å². The van der Waals surface area contributed by atoms with Gasteiger partial charge in [-0.15, -0.1) is 0 Å². The SMILES string of the molecule is Cc1c(/N=C/N(C)C(C)C)ccc(C(=O)OCc2cccc(C(F)(F)F)c2)c1C. The minimum absolute atomic E-state index is 0.236. The molecule has 4 nitrogen and oxygen atoms in total. The van der Waals surface area contributed by atoms with Crippen molar-refractivity contribution in [1.82, 2.24) is 4.90 Å². The average Bonchev–Trinajstić information content (AvgIpc) is 2.66. The number of ether oxygens (including phenoxy) is 1. The van der Waals surface area contributed by atoms with Crippen LogP contribution in [0.4, 0.5) is 18.9 Å². The number of rotatable bonds is 6. The number of carbonyl (C=O) groups is 1. The van der Waals surface area contributed by atoms with Crippen LogP contribution in [0, 0.1) is 13.8 Å². The first-order valence-corrected chi connectivity index (χ1v) is 9.20. The fourth-order valence-electron chi connectivity index (χ4n) is 2.52. The lowest BCUT2D eigenvalue weighted by Crippen LogP contribution is -2.24. The van der Waals surface area contributed by atoms with Crippen molar-refractivity contribution in [3.8, 4) is 0 Å². The quantitative estimate of drug-likeness (QED) is 0.352. The molecule has 0 unspecified atom stereocenters. The van der Waals surface area contributed by atoms with Crippen molar-refractivity contribution >= 4 is 18.0 Å². The first kappa shape index (κ1) is 22.5. The number of carbonyl (C=O) groups excluding carboxylic acids is 1. The van der Waals surface area contributed by atoms with Crippen LogP contribution in [0.2, 0.25) is 0 Å². The highest BCUT2D eigenvalue weighted by atomic mass is 19.4. The summed E-state index contributed by atoms with van der Waals surface area (Å²) in [5.41, 5.74) is 2.18. The minimum Gasteiger partial charge on any atom is -0.457 e. The van der Waals surface area contributed by atoms with Crippen LogP contribution in [0.5, 0.6) is 0 Å². The van der Waals surface area contributed by atoms with Gasteiger partial charge in [0, 0.05) is 13.1 Å².